The predicted molar refractivity (Wildman–Crippen MR) is 160 cm³/mol. The third-order valence-electron chi connectivity index (χ3n) is 7.58. The van der Waals surface area contributed by atoms with Crippen molar-refractivity contribution in [1.29, 1.82) is 5.26 Å². The summed E-state index contributed by atoms with van der Waals surface area (Å²) >= 11 is 6.72. The maximum Gasteiger partial charge on any atom is 0.161 e. The molecule has 0 aromatic heterocycles. The Bertz CT molecular complexity index is 1640. The van der Waals surface area contributed by atoms with Gasteiger partial charge in [-0.2, -0.15) is 5.26 Å². The van der Waals surface area contributed by atoms with E-state index in [4.69, 9.17) is 30.5 Å². The van der Waals surface area contributed by atoms with Gasteiger partial charge in [0.15, 0.2) is 11.5 Å². The summed E-state index contributed by atoms with van der Waals surface area (Å²) in [6.45, 7) is 5.62. The van der Waals surface area contributed by atoms with E-state index in [1.807, 2.05) is 60.7 Å². The summed E-state index contributed by atoms with van der Waals surface area (Å²) in [6.07, 6.45) is -0.303. The molecule has 0 bridgehead atoms. The molecule has 1 fully saturated rings. The van der Waals surface area contributed by atoms with Crippen LogP contribution in [0.15, 0.2) is 72.8 Å². The van der Waals surface area contributed by atoms with Crippen LogP contribution in [0.25, 0.3) is 11.1 Å². The number of halogens is 1. The van der Waals surface area contributed by atoms with Crippen LogP contribution in [0.5, 0.6) is 23.0 Å². The minimum atomic E-state index is -0.303. The van der Waals surface area contributed by atoms with Crippen LogP contribution in [0.2, 0.25) is 5.02 Å². The number of nitriles is 1. The number of nitrogens with zero attached hydrogens (tertiary/aromatic N) is 2. The molecule has 0 aliphatic carbocycles. The van der Waals surface area contributed by atoms with Gasteiger partial charge >= 0.3 is 0 Å². The number of ether oxygens (including phenoxy) is 4. The molecule has 0 unspecified atom stereocenters. The fourth-order valence-corrected chi connectivity index (χ4v) is 5.51. The van der Waals surface area contributed by atoms with Crippen LogP contribution in [0.1, 0.15) is 27.8 Å². The Labute approximate surface area is 250 Å². The van der Waals surface area contributed by atoms with Gasteiger partial charge in [-0.1, -0.05) is 48.0 Å². The van der Waals surface area contributed by atoms with E-state index < -0.39 is 0 Å². The van der Waals surface area contributed by atoms with Gasteiger partial charge in [-0.15, -0.1) is 0 Å². The van der Waals surface area contributed by atoms with Crippen molar-refractivity contribution in [2.45, 2.75) is 32.8 Å². The highest BCUT2D eigenvalue weighted by Crippen LogP contribution is 2.38. The highest BCUT2D eigenvalue weighted by Gasteiger charge is 2.26. The number of hydrogen-bond donors (Lipinski definition) is 1. The number of aliphatic hydroxyl groups is 1. The highest BCUT2D eigenvalue weighted by atomic mass is 35.5. The van der Waals surface area contributed by atoms with Crippen molar-refractivity contribution >= 4 is 11.6 Å². The summed E-state index contributed by atoms with van der Waals surface area (Å²) in [6, 6.07) is 25.4. The van der Waals surface area contributed by atoms with Gasteiger partial charge in [0.2, 0.25) is 0 Å². The largest absolute Gasteiger partial charge is 0.488 e. The molecule has 2 heterocycles. The Morgan fingerprint density at radius 3 is 2.50 bits per heavy atom. The Morgan fingerprint density at radius 2 is 1.69 bits per heavy atom. The molecule has 214 valence electrons. The number of rotatable bonds is 9. The summed E-state index contributed by atoms with van der Waals surface area (Å²) in [5.41, 5.74) is 6.67. The Morgan fingerprint density at radius 1 is 0.905 bits per heavy atom. The average Bonchev–Trinajstić information content (AvgIpc) is 2.99. The van der Waals surface area contributed by atoms with Crippen molar-refractivity contribution in [1.82, 2.24) is 4.90 Å². The molecule has 6 rings (SSSR count). The van der Waals surface area contributed by atoms with Crippen molar-refractivity contribution in [2.75, 3.05) is 26.3 Å². The molecule has 2 aliphatic rings. The lowest BCUT2D eigenvalue weighted by atomic mass is 9.96. The minimum Gasteiger partial charge on any atom is -0.488 e. The first-order valence-corrected chi connectivity index (χ1v) is 14.3. The lowest BCUT2D eigenvalue weighted by Crippen LogP contribution is -2.49. The predicted octanol–water partition coefficient (Wildman–Crippen LogP) is 6.29. The molecule has 2 aliphatic heterocycles. The summed E-state index contributed by atoms with van der Waals surface area (Å²) in [4.78, 5) is 2.13. The van der Waals surface area contributed by atoms with Gasteiger partial charge in [-0.05, 0) is 65.1 Å². The second-order valence-corrected chi connectivity index (χ2v) is 11.0. The minimum absolute atomic E-state index is 0.295. The zero-order chi connectivity index (χ0) is 29.1. The van der Waals surface area contributed by atoms with Gasteiger partial charge < -0.3 is 24.1 Å². The quantitative estimate of drug-likeness (QED) is 0.248. The molecule has 42 heavy (non-hydrogen) atoms. The van der Waals surface area contributed by atoms with Crippen LogP contribution in [-0.4, -0.2) is 42.4 Å². The second kappa shape index (κ2) is 12.3. The van der Waals surface area contributed by atoms with Crippen molar-refractivity contribution in [2.24, 2.45) is 0 Å². The second-order valence-electron chi connectivity index (χ2n) is 10.6. The molecule has 1 N–H and O–H groups in total. The van der Waals surface area contributed by atoms with E-state index in [0.29, 0.717) is 68.1 Å². The van der Waals surface area contributed by atoms with Crippen molar-refractivity contribution in [3.63, 3.8) is 0 Å². The molecule has 0 saturated carbocycles. The first-order chi connectivity index (χ1) is 20.5. The number of likely N-dealkylation sites (tertiary alicyclic amines) is 1. The molecule has 0 amide bonds. The van der Waals surface area contributed by atoms with Gasteiger partial charge in [-0.3, -0.25) is 4.90 Å². The van der Waals surface area contributed by atoms with E-state index in [1.165, 1.54) is 0 Å². The molecule has 7 nitrogen and oxygen atoms in total. The molecule has 4 aromatic carbocycles. The molecule has 0 radical (unpaired) electrons. The van der Waals surface area contributed by atoms with E-state index in [0.717, 1.165) is 44.9 Å². The van der Waals surface area contributed by atoms with E-state index in [1.54, 1.807) is 6.07 Å². The average molecular weight is 583 g/mol. The van der Waals surface area contributed by atoms with E-state index >= 15 is 0 Å². The molecule has 1 saturated heterocycles. The van der Waals surface area contributed by atoms with E-state index in [-0.39, 0.29) is 6.10 Å². The normalized spacial score (nSPS) is 14.6. The fraction of sp³-hybridized carbons (Fsp3) is 0.265. The standard InChI is InChI=1S/C34H31ClN2O5/c1-22-26(6-3-7-29(22)25-8-9-31-34(14-25)40-11-10-39-31)21-42-33-15-32(41-20-24-5-2-4-23(12-24)16-36)27(13-30(33)35)17-37-18-28(38)19-37/h2-9,12-15,28,38H,10-11,17-21H2,1H3. The van der Waals surface area contributed by atoms with Crippen LogP contribution >= 0.6 is 11.6 Å². The summed E-state index contributed by atoms with van der Waals surface area (Å²) < 4.78 is 24.0. The SMILES string of the molecule is Cc1c(COc2cc(OCc3cccc(C#N)c3)c(CN3CC(O)C3)cc2Cl)cccc1-c1ccc2c(c1)OCCO2. The first kappa shape index (κ1) is 27.9. The zero-order valence-corrected chi connectivity index (χ0v) is 24.1. The molecular formula is C34H31ClN2O5. The smallest absolute Gasteiger partial charge is 0.161 e. The van der Waals surface area contributed by atoms with Crippen molar-refractivity contribution < 1.29 is 24.1 Å². The van der Waals surface area contributed by atoms with Crippen molar-refractivity contribution in [3.8, 4) is 40.2 Å². The topological polar surface area (TPSA) is 84.2 Å². The van der Waals surface area contributed by atoms with Gasteiger partial charge in [0.25, 0.3) is 0 Å². The summed E-state index contributed by atoms with van der Waals surface area (Å²) in [7, 11) is 0. The van der Waals surface area contributed by atoms with E-state index in [2.05, 4.69) is 24.0 Å². The molecule has 0 spiro atoms. The summed E-state index contributed by atoms with van der Waals surface area (Å²) in [5.74, 6) is 2.70. The van der Waals surface area contributed by atoms with Crippen LogP contribution in [0, 0.1) is 18.3 Å². The number of β-amino-alcohol motifs (C(OH)–C–C–N with tert-alkyl or cyclic N) is 1. The first-order valence-electron chi connectivity index (χ1n) is 13.9. The van der Waals surface area contributed by atoms with E-state index in [9.17, 15) is 10.4 Å². The Hall–Kier alpha value is -4.22. The maximum atomic E-state index is 9.75. The molecule has 8 heteroatoms. The number of hydrogen-bond acceptors (Lipinski definition) is 7. The van der Waals surface area contributed by atoms with Gasteiger partial charge in [0, 0.05) is 31.3 Å². The third-order valence-corrected chi connectivity index (χ3v) is 7.87. The molecule has 4 aromatic rings. The fourth-order valence-electron chi connectivity index (χ4n) is 5.27. The lowest BCUT2D eigenvalue weighted by molar-refractivity contribution is -0.00334. The summed E-state index contributed by atoms with van der Waals surface area (Å²) in [5, 5.41) is 19.5. The molecule has 0 atom stereocenters. The van der Waals surface area contributed by atoms with Crippen LogP contribution in [0.3, 0.4) is 0 Å². The van der Waals surface area contributed by atoms with Crippen molar-refractivity contribution in [3.05, 3.63) is 106 Å². The maximum absolute atomic E-state index is 9.75. The third kappa shape index (κ3) is 6.17. The van der Waals surface area contributed by atoms with Gasteiger partial charge in [-0.25, -0.2) is 0 Å². The van der Waals surface area contributed by atoms with Crippen LogP contribution < -0.4 is 18.9 Å². The number of fused-ring (bicyclic) bond motifs is 1. The van der Waals surface area contributed by atoms with Crippen LogP contribution in [0.4, 0.5) is 0 Å². The van der Waals surface area contributed by atoms with Crippen LogP contribution in [-0.2, 0) is 19.8 Å². The van der Waals surface area contributed by atoms with Gasteiger partial charge in [0.05, 0.1) is 22.8 Å². The monoisotopic (exact) mass is 582 g/mol. The lowest BCUT2D eigenvalue weighted by Gasteiger charge is -2.36. The Balaban J connectivity index is 1.22. The number of benzene rings is 4. The Kier molecular flexibility index (Phi) is 8.20. The van der Waals surface area contributed by atoms with Gasteiger partial charge in [0.1, 0.15) is 37.9 Å². The molecular weight excluding hydrogens is 552 g/mol. The number of aliphatic hydroxyl groups excluding tert-OH is 1. The zero-order valence-electron chi connectivity index (χ0n) is 23.3. The highest BCUT2D eigenvalue weighted by molar-refractivity contribution is 6.32.